The van der Waals surface area contributed by atoms with Gasteiger partial charge in [0.1, 0.15) is 6.61 Å². The van der Waals surface area contributed by atoms with Crippen LogP contribution in [0.15, 0.2) is 60.7 Å². The van der Waals surface area contributed by atoms with E-state index in [1.807, 2.05) is 43.3 Å². The Balaban J connectivity index is 1.88. The molecule has 0 aliphatic carbocycles. The normalized spacial score (nSPS) is 16.5. The summed E-state index contributed by atoms with van der Waals surface area (Å²) < 4.78 is 10.5. The molecular formula is C33H39NO8. The number of hydrogen-bond donors (Lipinski definition) is 1. The summed E-state index contributed by atoms with van der Waals surface area (Å²) >= 11 is 0. The summed E-state index contributed by atoms with van der Waals surface area (Å²) in [6.45, 7) is 4.51. The predicted molar refractivity (Wildman–Crippen MR) is 156 cm³/mol. The lowest BCUT2D eigenvalue weighted by Gasteiger charge is -2.26. The fourth-order valence-corrected chi connectivity index (χ4v) is 4.95. The van der Waals surface area contributed by atoms with E-state index in [9.17, 15) is 24.0 Å². The van der Waals surface area contributed by atoms with Crippen LogP contribution in [-0.4, -0.2) is 64.9 Å². The first-order chi connectivity index (χ1) is 20.1. The van der Waals surface area contributed by atoms with Gasteiger partial charge in [-0.25, -0.2) is 9.69 Å². The zero-order chi connectivity index (χ0) is 30.6. The maximum Gasteiger partial charge on any atom is 0.416 e. The topological polar surface area (TPSA) is 127 Å². The molecule has 1 aliphatic rings. The van der Waals surface area contributed by atoms with Crippen LogP contribution in [-0.2, 0) is 35.1 Å². The number of Topliss-reactive ketones (excluding diaryl/α,β-unsaturated/α-hetero) is 1. The zero-order valence-electron chi connectivity index (χ0n) is 24.4. The summed E-state index contributed by atoms with van der Waals surface area (Å²) in [4.78, 5) is 66.2. The minimum Gasteiger partial charge on any atom is -0.453 e. The summed E-state index contributed by atoms with van der Waals surface area (Å²) in [5.74, 6) is -3.71. The van der Waals surface area contributed by atoms with Crippen LogP contribution in [0, 0.1) is 12.8 Å². The quantitative estimate of drug-likeness (QED) is 0.185. The first kappa shape index (κ1) is 32.4. The second-order valence-corrected chi connectivity index (χ2v) is 10.6. The number of ketones is 2. The van der Waals surface area contributed by atoms with Crippen molar-refractivity contribution in [2.24, 2.45) is 5.92 Å². The van der Waals surface area contributed by atoms with E-state index in [1.165, 1.54) is 6.92 Å². The van der Waals surface area contributed by atoms with Gasteiger partial charge in [-0.05, 0) is 50.3 Å². The number of cyclic esters (lactones) is 1. The van der Waals surface area contributed by atoms with E-state index in [1.54, 1.807) is 18.2 Å². The molecule has 42 heavy (non-hydrogen) atoms. The number of aliphatic hydroxyl groups excluding tert-OH is 1. The number of ether oxygens (including phenoxy) is 2. The van der Waals surface area contributed by atoms with Crippen LogP contribution < -0.4 is 0 Å². The van der Waals surface area contributed by atoms with Crippen LogP contribution in [0.1, 0.15) is 62.6 Å². The first-order valence-electron chi connectivity index (χ1n) is 14.3. The number of rotatable bonds is 15. The Morgan fingerprint density at radius 3 is 2.43 bits per heavy atom. The molecule has 0 spiro atoms. The van der Waals surface area contributed by atoms with E-state index in [4.69, 9.17) is 14.6 Å². The van der Waals surface area contributed by atoms with Crippen LogP contribution in [0.4, 0.5) is 4.79 Å². The SMILES string of the molecule is CC(=O)OC(C(=O)C=C(C(=O)CCCCCCO)c1cccc(C)c1)C(C)C(=O)N1C(=O)OCC1Cc1ccccc1. The lowest BCUT2D eigenvalue weighted by molar-refractivity contribution is -0.158. The molecule has 2 amide bonds. The minimum absolute atomic E-state index is 0.00256. The molecule has 3 unspecified atom stereocenters. The van der Waals surface area contributed by atoms with Gasteiger partial charge in [0.25, 0.3) is 0 Å². The van der Waals surface area contributed by atoms with Crippen LogP contribution in [0.25, 0.3) is 5.57 Å². The highest BCUT2D eigenvalue weighted by Gasteiger charge is 2.43. The zero-order valence-corrected chi connectivity index (χ0v) is 24.4. The van der Waals surface area contributed by atoms with Crippen molar-refractivity contribution >= 4 is 35.1 Å². The van der Waals surface area contributed by atoms with Crippen molar-refractivity contribution in [1.82, 2.24) is 4.90 Å². The molecule has 224 valence electrons. The largest absolute Gasteiger partial charge is 0.453 e. The highest BCUT2D eigenvalue weighted by Crippen LogP contribution is 2.25. The molecule has 1 N–H and O–H groups in total. The summed E-state index contributed by atoms with van der Waals surface area (Å²) in [6, 6.07) is 15.9. The molecule has 9 nitrogen and oxygen atoms in total. The summed E-state index contributed by atoms with van der Waals surface area (Å²) in [6.07, 6.45) is 2.08. The molecule has 0 radical (unpaired) electrons. The predicted octanol–water partition coefficient (Wildman–Crippen LogP) is 4.62. The van der Waals surface area contributed by atoms with Crippen LogP contribution in [0.3, 0.4) is 0 Å². The van der Waals surface area contributed by atoms with Crippen LogP contribution >= 0.6 is 0 Å². The molecular weight excluding hydrogens is 538 g/mol. The second-order valence-electron chi connectivity index (χ2n) is 10.6. The molecule has 0 saturated carbocycles. The standard InChI is InChI=1S/C33H39NO8/c1-22-12-11-15-26(18-22)28(29(37)16-9-4-5-10-17-35)20-30(38)31(42-24(3)36)23(2)32(39)34-27(21-41-33(34)40)19-25-13-7-6-8-14-25/h6-8,11-15,18,20,23,27,31,35H,4-5,9-10,16-17,19,21H2,1-3H3. The monoisotopic (exact) mass is 577 g/mol. The van der Waals surface area contributed by atoms with E-state index in [2.05, 4.69) is 0 Å². The van der Waals surface area contributed by atoms with E-state index in [-0.39, 0.29) is 31.0 Å². The average molecular weight is 578 g/mol. The van der Waals surface area contributed by atoms with E-state index >= 15 is 0 Å². The van der Waals surface area contributed by atoms with Crippen molar-refractivity contribution in [3.8, 4) is 0 Å². The number of aliphatic hydroxyl groups is 1. The third-order valence-electron chi connectivity index (χ3n) is 7.16. The smallest absolute Gasteiger partial charge is 0.416 e. The fourth-order valence-electron chi connectivity index (χ4n) is 4.95. The van der Waals surface area contributed by atoms with Gasteiger partial charge in [0.05, 0.1) is 12.0 Å². The molecule has 1 aliphatic heterocycles. The molecule has 9 heteroatoms. The van der Waals surface area contributed by atoms with Gasteiger partial charge in [-0.1, -0.05) is 73.0 Å². The lowest BCUT2D eigenvalue weighted by Crippen LogP contribution is -2.48. The number of carbonyl (C=O) groups is 5. The van der Waals surface area contributed by atoms with Gasteiger partial charge < -0.3 is 14.6 Å². The van der Waals surface area contributed by atoms with E-state index < -0.39 is 41.8 Å². The van der Waals surface area contributed by atoms with Gasteiger partial charge in [-0.3, -0.25) is 19.2 Å². The van der Waals surface area contributed by atoms with Crippen molar-refractivity contribution in [1.29, 1.82) is 0 Å². The van der Waals surface area contributed by atoms with Gasteiger partial charge >= 0.3 is 12.1 Å². The van der Waals surface area contributed by atoms with Crippen molar-refractivity contribution in [2.45, 2.75) is 71.4 Å². The molecule has 3 rings (SSSR count). The molecule has 1 heterocycles. The van der Waals surface area contributed by atoms with E-state index in [0.29, 0.717) is 24.8 Å². The van der Waals surface area contributed by atoms with Crippen LogP contribution in [0.5, 0.6) is 0 Å². The number of benzene rings is 2. The number of nitrogens with zero attached hydrogens (tertiary/aromatic N) is 1. The number of unbranched alkanes of at least 4 members (excludes halogenated alkanes) is 3. The lowest BCUT2D eigenvalue weighted by atomic mass is 9.92. The third-order valence-corrected chi connectivity index (χ3v) is 7.16. The minimum atomic E-state index is -1.56. The maximum absolute atomic E-state index is 13.7. The number of esters is 1. The molecule has 2 aromatic carbocycles. The third kappa shape index (κ3) is 8.94. The number of imide groups is 1. The number of allylic oxidation sites excluding steroid dienone is 1. The molecule has 0 aromatic heterocycles. The Labute approximate surface area is 246 Å². The maximum atomic E-state index is 13.7. The Kier molecular flexibility index (Phi) is 12.2. The first-order valence-corrected chi connectivity index (χ1v) is 14.3. The Bertz CT molecular complexity index is 1300. The Morgan fingerprint density at radius 1 is 1.05 bits per heavy atom. The van der Waals surface area contributed by atoms with Gasteiger partial charge in [-0.2, -0.15) is 0 Å². The molecule has 0 bridgehead atoms. The van der Waals surface area contributed by atoms with Gasteiger partial charge in [0, 0.05) is 25.5 Å². The van der Waals surface area contributed by atoms with Crippen molar-refractivity contribution in [3.63, 3.8) is 0 Å². The van der Waals surface area contributed by atoms with Gasteiger partial charge in [0.15, 0.2) is 17.7 Å². The number of carbonyl (C=O) groups excluding carboxylic acids is 5. The number of hydrogen-bond acceptors (Lipinski definition) is 8. The fraction of sp³-hybridized carbons (Fsp3) is 0.424. The van der Waals surface area contributed by atoms with Crippen molar-refractivity contribution in [2.75, 3.05) is 13.2 Å². The summed E-state index contributed by atoms with van der Waals surface area (Å²) in [5, 5.41) is 9.00. The van der Waals surface area contributed by atoms with Crippen LogP contribution in [0.2, 0.25) is 0 Å². The summed E-state index contributed by atoms with van der Waals surface area (Å²) in [5.41, 5.74) is 2.48. The van der Waals surface area contributed by atoms with Gasteiger partial charge in [0.2, 0.25) is 5.91 Å². The molecule has 2 aromatic rings. The Morgan fingerprint density at radius 2 is 1.76 bits per heavy atom. The number of amides is 2. The van der Waals surface area contributed by atoms with Crippen molar-refractivity contribution in [3.05, 3.63) is 77.4 Å². The molecule has 1 fully saturated rings. The molecule has 1 saturated heterocycles. The number of aryl methyl sites for hydroxylation is 1. The highest BCUT2D eigenvalue weighted by atomic mass is 16.6. The second kappa shape index (κ2) is 15.8. The van der Waals surface area contributed by atoms with Crippen molar-refractivity contribution < 1.29 is 38.6 Å². The molecule has 3 atom stereocenters. The van der Waals surface area contributed by atoms with Gasteiger partial charge in [-0.15, -0.1) is 0 Å². The summed E-state index contributed by atoms with van der Waals surface area (Å²) in [7, 11) is 0. The Hall–Kier alpha value is -4.11. The average Bonchev–Trinajstić information content (AvgIpc) is 3.33. The highest BCUT2D eigenvalue weighted by molar-refractivity contribution is 6.25. The van der Waals surface area contributed by atoms with E-state index in [0.717, 1.165) is 41.9 Å².